The van der Waals surface area contributed by atoms with E-state index in [2.05, 4.69) is 35.9 Å². The molecule has 0 radical (unpaired) electrons. The summed E-state index contributed by atoms with van der Waals surface area (Å²) < 4.78 is 2.09. The highest BCUT2D eigenvalue weighted by Crippen LogP contribution is 2.20. The Kier molecular flexibility index (Phi) is 5.46. The summed E-state index contributed by atoms with van der Waals surface area (Å²) in [6.07, 6.45) is 4.18. The van der Waals surface area contributed by atoms with Crippen LogP contribution in [0.15, 0.2) is 24.3 Å². The minimum absolute atomic E-state index is 0.206. The zero-order chi connectivity index (χ0) is 17.1. The van der Waals surface area contributed by atoms with Gasteiger partial charge in [0.25, 0.3) is 0 Å². The maximum Gasteiger partial charge on any atom is 0.242 e. The van der Waals surface area contributed by atoms with Gasteiger partial charge in [-0.1, -0.05) is 12.1 Å². The largest absolute Gasteiger partial charge is 0.341 e. The monoisotopic (exact) mass is 346 g/mol. The molecule has 0 atom stereocenters. The number of carbonyl (C=O) groups is 1. The van der Waals surface area contributed by atoms with Gasteiger partial charge in [0.1, 0.15) is 12.4 Å². The fraction of sp³-hybridized carbons (Fsp3) is 0.556. The van der Waals surface area contributed by atoms with Gasteiger partial charge in [-0.25, -0.2) is 4.98 Å². The number of piperidine rings is 1. The molecule has 1 fully saturated rings. The molecule has 0 spiro atoms. The molecule has 1 amide bonds. The number of para-hydroxylation sites is 2. The molecule has 3 rings (SSSR count). The number of thioether (sulfide) groups is 1. The van der Waals surface area contributed by atoms with E-state index in [0.717, 1.165) is 48.5 Å². The molecule has 1 aliphatic rings. The lowest BCUT2D eigenvalue weighted by Crippen LogP contribution is -2.45. The van der Waals surface area contributed by atoms with Crippen molar-refractivity contribution in [2.75, 3.05) is 33.4 Å². The van der Waals surface area contributed by atoms with Crippen LogP contribution in [-0.2, 0) is 17.1 Å². The summed E-state index contributed by atoms with van der Waals surface area (Å²) >= 11 is 1.74. The van der Waals surface area contributed by atoms with Gasteiger partial charge in [0.15, 0.2) is 0 Å². The Morgan fingerprint density at radius 3 is 2.67 bits per heavy atom. The minimum atomic E-state index is 0.206. The van der Waals surface area contributed by atoms with Crippen LogP contribution in [0.2, 0.25) is 0 Å². The van der Waals surface area contributed by atoms with Crippen LogP contribution in [0.5, 0.6) is 0 Å². The first-order valence-corrected chi connectivity index (χ1v) is 9.87. The predicted molar refractivity (Wildman–Crippen MR) is 100 cm³/mol. The summed E-state index contributed by atoms with van der Waals surface area (Å²) in [7, 11) is 4.24. The van der Waals surface area contributed by atoms with Crippen LogP contribution in [0.25, 0.3) is 11.0 Å². The molecule has 5 nitrogen and oxygen atoms in total. The third-order valence-electron chi connectivity index (χ3n) is 4.85. The van der Waals surface area contributed by atoms with E-state index in [-0.39, 0.29) is 5.91 Å². The number of hydrogen-bond acceptors (Lipinski definition) is 4. The van der Waals surface area contributed by atoms with Crippen LogP contribution in [0.3, 0.4) is 0 Å². The average Bonchev–Trinajstić information content (AvgIpc) is 2.93. The van der Waals surface area contributed by atoms with Crippen LogP contribution in [0.1, 0.15) is 18.7 Å². The number of rotatable bonds is 5. The summed E-state index contributed by atoms with van der Waals surface area (Å²) in [5.74, 6) is 2.02. The molecule has 0 saturated carbocycles. The number of imidazole rings is 1. The van der Waals surface area contributed by atoms with Gasteiger partial charge in [-0.2, -0.15) is 11.8 Å². The highest BCUT2D eigenvalue weighted by atomic mass is 32.2. The van der Waals surface area contributed by atoms with Crippen LogP contribution < -0.4 is 0 Å². The molecular weight excluding hydrogens is 320 g/mol. The van der Waals surface area contributed by atoms with Gasteiger partial charge in [0.05, 0.1) is 16.8 Å². The second-order valence-corrected chi connectivity index (χ2v) is 7.48. The molecule has 1 aromatic heterocycles. The summed E-state index contributed by atoms with van der Waals surface area (Å²) in [5.41, 5.74) is 2.03. The predicted octanol–water partition coefficient (Wildman–Crippen LogP) is 2.45. The van der Waals surface area contributed by atoms with E-state index in [1.165, 1.54) is 0 Å². The Morgan fingerprint density at radius 2 is 2.00 bits per heavy atom. The van der Waals surface area contributed by atoms with E-state index in [0.29, 0.717) is 12.6 Å². The lowest BCUT2D eigenvalue weighted by molar-refractivity contribution is -0.133. The molecule has 6 heteroatoms. The maximum absolute atomic E-state index is 12.8. The van der Waals surface area contributed by atoms with Crippen molar-refractivity contribution in [3.63, 3.8) is 0 Å². The van der Waals surface area contributed by atoms with Crippen molar-refractivity contribution in [1.29, 1.82) is 0 Å². The van der Waals surface area contributed by atoms with Crippen LogP contribution in [0.4, 0.5) is 0 Å². The van der Waals surface area contributed by atoms with E-state index >= 15 is 0 Å². The first-order valence-electron chi connectivity index (χ1n) is 8.47. The van der Waals surface area contributed by atoms with Gasteiger partial charge in [0.2, 0.25) is 5.91 Å². The average molecular weight is 347 g/mol. The zero-order valence-corrected chi connectivity index (χ0v) is 15.6. The van der Waals surface area contributed by atoms with E-state index in [4.69, 9.17) is 4.98 Å². The number of nitrogens with zero attached hydrogens (tertiary/aromatic N) is 4. The summed E-state index contributed by atoms with van der Waals surface area (Å²) in [4.78, 5) is 21.8. The van der Waals surface area contributed by atoms with E-state index in [9.17, 15) is 4.79 Å². The van der Waals surface area contributed by atoms with Gasteiger partial charge in [-0.3, -0.25) is 4.79 Å². The Bertz CT molecular complexity index is 704. The topological polar surface area (TPSA) is 41.4 Å². The number of benzene rings is 1. The first kappa shape index (κ1) is 17.3. The normalized spacial score (nSPS) is 16.2. The molecule has 24 heavy (non-hydrogen) atoms. The molecule has 0 bridgehead atoms. The minimum Gasteiger partial charge on any atom is -0.341 e. The van der Waals surface area contributed by atoms with Crippen molar-refractivity contribution in [1.82, 2.24) is 19.4 Å². The van der Waals surface area contributed by atoms with Crippen molar-refractivity contribution in [3.8, 4) is 0 Å². The van der Waals surface area contributed by atoms with Crippen LogP contribution in [-0.4, -0.2) is 64.7 Å². The Morgan fingerprint density at radius 1 is 1.29 bits per heavy atom. The van der Waals surface area contributed by atoms with Gasteiger partial charge in [0, 0.05) is 19.1 Å². The van der Waals surface area contributed by atoms with Crippen molar-refractivity contribution < 1.29 is 4.79 Å². The Labute approximate surface area is 148 Å². The van der Waals surface area contributed by atoms with Crippen LogP contribution >= 0.6 is 11.8 Å². The van der Waals surface area contributed by atoms with Crippen molar-refractivity contribution >= 4 is 28.7 Å². The lowest BCUT2D eigenvalue weighted by Gasteiger charge is -2.35. The number of aromatic nitrogens is 2. The second-order valence-electron chi connectivity index (χ2n) is 6.61. The SMILES string of the molecule is CSCc1nc2ccccc2n1CC(=O)N1CCC(N(C)C)CC1. The van der Waals surface area contributed by atoms with E-state index < -0.39 is 0 Å². The molecule has 1 aliphatic heterocycles. The van der Waals surface area contributed by atoms with E-state index in [1.54, 1.807) is 11.8 Å². The smallest absolute Gasteiger partial charge is 0.242 e. The number of amides is 1. The fourth-order valence-corrected chi connectivity index (χ4v) is 3.89. The highest BCUT2D eigenvalue weighted by molar-refractivity contribution is 7.97. The molecule has 2 aromatic rings. The first-order chi connectivity index (χ1) is 11.6. The molecular formula is C18H26N4OS. The Balaban J connectivity index is 1.75. The van der Waals surface area contributed by atoms with Crippen molar-refractivity contribution in [2.24, 2.45) is 0 Å². The second kappa shape index (κ2) is 7.57. The van der Waals surface area contributed by atoms with Gasteiger partial charge in [-0.05, 0) is 45.3 Å². The molecule has 0 unspecified atom stereocenters. The third kappa shape index (κ3) is 3.59. The fourth-order valence-electron chi connectivity index (χ4n) is 3.41. The van der Waals surface area contributed by atoms with Crippen molar-refractivity contribution in [3.05, 3.63) is 30.1 Å². The standard InChI is InChI=1S/C18H26N4OS/c1-20(2)14-8-10-21(11-9-14)18(23)12-22-16-7-5-4-6-15(16)19-17(22)13-24-3/h4-7,14H,8-13H2,1-3H3. The van der Waals surface area contributed by atoms with E-state index in [1.807, 2.05) is 23.1 Å². The molecule has 130 valence electrons. The quantitative estimate of drug-likeness (QED) is 0.834. The van der Waals surface area contributed by atoms with Gasteiger partial charge in [-0.15, -0.1) is 0 Å². The highest BCUT2D eigenvalue weighted by Gasteiger charge is 2.24. The third-order valence-corrected chi connectivity index (χ3v) is 5.39. The Hall–Kier alpha value is -1.53. The summed E-state index contributed by atoms with van der Waals surface area (Å²) in [6.45, 7) is 2.10. The zero-order valence-electron chi connectivity index (χ0n) is 14.7. The van der Waals surface area contributed by atoms with Crippen LogP contribution in [0, 0.1) is 0 Å². The van der Waals surface area contributed by atoms with Crippen molar-refractivity contribution in [2.45, 2.75) is 31.2 Å². The molecule has 0 N–H and O–H groups in total. The molecule has 0 aliphatic carbocycles. The number of fused-ring (bicyclic) bond motifs is 1. The number of likely N-dealkylation sites (tertiary alicyclic amines) is 1. The summed E-state index contributed by atoms with van der Waals surface area (Å²) in [6, 6.07) is 8.67. The van der Waals surface area contributed by atoms with Gasteiger partial charge >= 0.3 is 0 Å². The lowest BCUT2D eigenvalue weighted by atomic mass is 10.0. The maximum atomic E-state index is 12.8. The summed E-state index contributed by atoms with van der Waals surface area (Å²) in [5, 5.41) is 0. The molecule has 2 heterocycles. The number of carbonyl (C=O) groups excluding carboxylic acids is 1. The number of hydrogen-bond donors (Lipinski definition) is 0. The molecule has 1 saturated heterocycles. The molecule has 1 aromatic carbocycles. The van der Waals surface area contributed by atoms with Gasteiger partial charge < -0.3 is 14.4 Å².